The number of hydrogen-bond acceptors (Lipinski definition) is 4. The van der Waals surface area contributed by atoms with Crippen molar-refractivity contribution in [3.63, 3.8) is 0 Å². The van der Waals surface area contributed by atoms with Crippen molar-refractivity contribution in [2.45, 2.75) is 37.1 Å². The summed E-state index contributed by atoms with van der Waals surface area (Å²) in [7, 11) is 3.31. The number of benzene rings is 3. The van der Waals surface area contributed by atoms with Crippen LogP contribution in [0.5, 0.6) is 0 Å². The molecule has 0 unspecified atom stereocenters. The fourth-order valence-corrected chi connectivity index (χ4v) is 6.04. The average Bonchev–Trinajstić information content (AvgIpc) is 3.46. The van der Waals surface area contributed by atoms with E-state index < -0.39 is 5.97 Å². The van der Waals surface area contributed by atoms with Gasteiger partial charge < -0.3 is 9.30 Å². The van der Waals surface area contributed by atoms with Gasteiger partial charge in [0.15, 0.2) is 0 Å². The van der Waals surface area contributed by atoms with Crippen LogP contribution in [-0.4, -0.2) is 27.4 Å². The smallest absolute Gasteiger partial charge is 0.354 e. The zero-order valence-electron chi connectivity index (χ0n) is 22.3. The number of carbonyl (C=O) groups excluding carboxylic acids is 1. The van der Waals surface area contributed by atoms with E-state index in [1.165, 1.54) is 18.9 Å². The maximum atomic E-state index is 12.8. The highest BCUT2D eigenvalue weighted by molar-refractivity contribution is 7.99. The molecule has 2 aromatic heterocycles. The Hall–Kier alpha value is -2.90. The van der Waals surface area contributed by atoms with Crippen LogP contribution in [0.2, 0.25) is 15.1 Å². The molecule has 3 aromatic carbocycles. The molecule has 0 bridgehead atoms. The molecule has 0 fully saturated rings. The monoisotopic (exact) mass is 599 g/mol. The predicted molar refractivity (Wildman–Crippen MR) is 163 cm³/mol. The zero-order valence-corrected chi connectivity index (χ0v) is 25.3. The first kappa shape index (κ1) is 29.1. The van der Waals surface area contributed by atoms with Crippen LogP contribution in [-0.2, 0) is 18.3 Å². The first-order valence-corrected chi connectivity index (χ1v) is 14.3. The Kier molecular flexibility index (Phi) is 9.34. The van der Waals surface area contributed by atoms with Crippen molar-refractivity contribution in [1.29, 1.82) is 0 Å². The maximum Gasteiger partial charge on any atom is 0.354 e. The molecule has 5 rings (SSSR count). The van der Waals surface area contributed by atoms with Crippen molar-refractivity contribution in [3.8, 4) is 11.1 Å². The summed E-state index contributed by atoms with van der Waals surface area (Å²) >= 11 is 20.5. The highest BCUT2D eigenvalue weighted by Crippen LogP contribution is 2.41. The van der Waals surface area contributed by atoms with Crippen LogP contribution in [0.15, 0.2) is 76.7 Å². The highest BCUT2D eigenvalue weighted by Gasteiger charge is 2.20. The largest absolute Gasteiger partial charge is 0.464 e. The highest BCUT2D eigenvalue weighted by atomic mass is 35.5. The number of halogens is 3. The summed E-state index contributed by atoms with van der Waals surface area (Å²) in [6, 6.07) is 19.2. The number of nitrogens with zero attached hydrogens (tertiary/aromatic N) is 3. The summed E-state index contributed by atoms with van der Waals surface area (Å²) in [6.45, 7) is 6.51. The van der Waals surface area contributed by atoms with Gasteiger partial charge in [0.25, 0.3) is 0 Å². The van der Waals surface area contributed by atoms with Crippen LogP contribution in [0.1, 0.15) is 35.6 Å². The average molecular weight is 601 g/mol. The lowest BCUT2D eigenvalue weighted by atomic mass is 10.0. The third-order valence-electron chi connectivity index (χ3n) is 6.30. The van der Waals surface area contributed by atoms with Crippen molar-refractivity contribution in [1.82, 2.24) is 14.3 Å². The quantitative estimate of drug-likeness (QED) is 0.182. The number of rotatable bonds is 6. The molecule has 0 radical (unpaired) electrons. The second kappa shape index (κ2) is 12.5. The topological polar surface area (TPSA) is 49.1 Å². The molecule has 0 saturated carbocycles. The lowest BCUT2D eigenvalue weighted by molar-refractivity contribution is 0.0589. The molecule has 9 heteroatoms. The lowest BCUT2D eigenvalue weighted by Gasteiger charge is -2.12. The van der Waals surface area contributed by atoms with Crippen molar-refractivity contribution < 1.29 is 9.53 Å². The number of esters is 1. The van der Waals surface area contributed by atoms with Crippen molar-refractivity contribution in [2.24, 2.45) is 7.05 Å². The molecule has 0 saturated heterocycles. The Labute approximate surface area is 247 Å². The molecule has 0 aliphatic carbocycles. The van der Waals surface area contributed by atoms with E-state index >= 15 is 0 Å². The van der Waals surface area contributed by atoms with Crippen LogP contribution in [0.4, 0.5) is 0 Å². The number of ether oxygens (including phenoxy) is 1. The summed E-state index contributed by atoms with van der Waals surface area (Å²) < 4.78 is 8.90. The second-order valence-electron chi connectivity index (χ2n) is 8.59. The van der Waals surface area contributed by atoms with Gasteiger partial charge in [0.05, 0.1) is 23.8 Å². The van der Waals surface area contributed by atoms with E-state index in [1.54, 1.807) is 12.1 Å². The van der Waals surface area contributed by atoms with Crippen molar-refractivity contribution >= 4 is 63.4 Å². The molecule has 5 nitrogen and oxygen atoms in total. The van der Waals surface area contributed by atoms with Gasteiger partial charge in [0.2, 0.25) is 0 Å². The van der Waals surface area contributed by atoms with E-state index in [0.29, 0.717) is 27.3 Å². The standard InChI is InChI=1S/C28H22Cl3N3O2S.C2H6/c1-16-22(14-32-33(16)2)18-6-4-17(5-7-18)15-34-24-11-20(30)12-27(21(24)13-25(34)28(35)36-3)37-26-9-8-19(29)10-23(26)31;1-2/h4-14H,15H2,1-3H3;1-2H3. The van der Waals surface area contributed by atoms with Crippen LogP contribution >= 0.6 is 46.6 Å². The molecule has 0 aliphatic rings. The number of methoxy groups -OCH3 is 1. The Bertz CT molecular complexity index is 1640. The zero-order chi connectivity index (χ0) is 28.3. The van der Waals surface area contributed by atoms with Crippen LogP contribution in [0.25, 0.3) is 22.0 Å². The molecule has 2 heterocycles. The number of fused-ring (bicyclic) bond motifs is 1. The Morgan fingerprint density at radius 2 is 1.67 bits per heavy atom. The first-order chi connectivity index (χ1) is 18.7. The SMILES string of the molecule is CC.COC(=O)c1cc2c(Sc3ccc(Cl)cc3Cl)cc(Cl)cc2n1Cc1ccc(-c2cnn(C)c2C)cc1. The van der Waals surface area contributed by atoms with Gasteiger partial charge in [-0.25, -0.2) is 4.79 Å². The molecule has 0 amide bonds. The van der Waals surface area contributed by atoms with E-state index in [2.05, 4.69) is 29.4 Å². The molecule has 0 spiro atoms. The van der Waals surface area contributed by atoms with E-state index in [-0.39, 0.29) is 0 Å². The number of aromatic nitrogens is 3. The van der Waals surface area contributed by atoms with Crippen LogP contribution in [0.3, 0.4) is 0 Å². The third-order valence-corrected chi connectivity index (χ3v) is 8.31. The van der Waals surface area contributed by atoms with Gasteiger partial charge in [0, 0.05) is 50.1 Å². The number of aryl methyl sites for hydroxylation is 1. The molecular formula is C30H28Cl3N3O2S. The minimum Gasteiger partial charge on any atom is -0.464 e. The molecule has 0 aliphatic heterocycles. The second-order valence-corrected chi connectivity index (χ2v) is 10.9. The number of carbonyl (C=O) groups is 1. The molecule has 39 heavy (non-hydrogen) atoms. The summed E-state index contributed by atoms with van der Waals surface area (Å²) in [5.41, 5.74) is 5.57. The molecule has 202 valence electrons. The Morgan fingerprint density at radius 1 is 0.949 bits per heavy atom. The summed E-state index contributed by atoms with van der Waals surface area (Å²) in [6.07, 6.45) is 1.87. The van der Waals surface area contributed by atoms with Gasteiger partial charge in [-0.2, -0.15) is 5.10 Å². The maximum absolute atomic E-state index is 12.8. The predicted octanol–water partition coefficient (Wildman–Crippen LogP) is 9.32. The van der Waals surface area contributed by atoms with Gasteiger partial charge in [0.1, 0.15) is 5.69 Å². The third kappa shape index (κ3) is 6.15. The summed E-state index contributed by atoms with van der Waals surface area (Å²) in [5, 5.41) is 6.88. The van der Waals surface area contributed by atoms with Gasteiger partial charge in [-0.1, -0.05) is 84.7 Å². The fraction of sp³-hybridized carbons (Fsp3) is 0.200. The van der Waals surface area contributed by atoms with Gasteiger partial charge in [-0.3, -0.25) is 4.68 Å². The molecular weight excluding hydrogens is 573 g/mol. The minimum absolute atomic E-state index is 0.421. The molecule has 5 aromatic rings. The first-order valence-electron chi connectivity index (χ1n) is 12.4. The van der Waals surface area contributed by atoms with Gasteiger partial charge >= 0.3 is 5.97 Å². The van der Waals surface area contributed by atoms with Crippen molar-refractivity contribution in [3.05, 3.63) is 98.9 Å². The number of hydrogen-bond donors (Lipinski definition) is 0. The van der Waals surface area contributed by atoms with Gasteiger partial charge in [-0.05, 0) is 54.4 Å². The molecule has 0 N–H and O–H groups in total. The minimum atomic E-state index is -0.421. The fourth-order valence-electron chi connectivity index (χ4n) is 4.25. The van der Waals surface area contributed by atoms with Crippen LogP contribution in [0, 0.1) is 6.92 Å². The van der Waals surface area contributed by atoms with Gasteiger partial charge in [-0.15, -0.1) is 0 Å². The summed E-state index contributed by atoms with van der Waals surface area (Å²) in [4.78, 5) is 14.5. The molecule has 0 atom stereocenters. The Balaban J connectivity index is 0.00000172. The Morgan fingerprint density at radius 3 is 2.28 bits per heavy atom. The van der Waals surface area contributed by atoms with E-state index in [1.807, 2.05) is 67.5 Å². The summed E-state index contributed by atoms with van der Waals surface area (Å²) in [5.74, 6) is -0.421. The normalized spacial score (nSPS) is 10.9. The lowest BCUT2D eigenvalue weighted by Crippen LogP contribution is -2.11. The van der Waals surface area contributed by atoms with E-state index in [0.717, 1.165) is 43.1 Å². The van der Waals surface area contributed by atoms with Crippen molar-refractivity contribution in [2.75, 3.05) is 7.11 Å². The van der Waals surface area contributed by atoms with E-state index in [9.17, 15) is 4.79 Å². The van der Waals surface area contributed by atoms with Crippen LogP contribution < -0.4 is 0 Å². The van der Waals surface area contributed by atoms with E-state index in [4.69, 9.17) is 39.5 Å².